The normalized spacial score (nSPS) is 31.9. The van der Waals surface area contributed by atoms with Crippen molar-refractivity contribution in [1.82, 2.24) is 0 Å². The van der Waals surface area contributed by atoms with Gasteiger partial charge in [0, 0.05) is 90.0 Å². The van der Waals surface area contributed by atoms with Crippen LogP contribution in [0.25, 0.3) is 0 Å². The first-order chi connectivity index (χ1) is 40.8. The third-order valence-corrected chi connectivity index (χ3v) is 12.6. The largest absolute Gasteiger partial charge is 0.463 e. The Bertz CT molecular complexity index is 2500. The van der Waals surface area contributed by atoms with E-state index in [0.717, 1.165) is 90.0 Å². The predicted octanol–water partition coefficient (Wildman–Crippen LogP) is -0.312. The molecular formula is C54H74O33. The Labute approximate surface area is 498 Å². The number of esters is 13. The molecule has 4 aliphatic heterocycles. The molecule has 0 unspecified atom stereocenters. The molecule has 4 fully saturated rings. The third kappa shape index (κ3) is 22.0. The van der Waals surface area contributed by atoms with E-state index >= 15 is 0 Å². The minimum atomic E-state index is -2.19. The summed E-state index contributed by atoms with van der Waals surface area (Å²) < 4.78 is 117. The van der Waals surface area contributed by atoms with Gasteiger partial charge in [0.2, 0.25) is 0 Å². The number of carbonyl (C=O) groups excluding carboxylic acids is 13. The Morgan fingerprint density at radius 3 is 0.736 bits per heavy atom. The summed E-state index contributed by atoms with van der Waals surface area (Å²) in [4.78, 5) is 167. The zero-order valence-electron chi connectivity index (χ0n) is 50.0. The zero-order valence-corrected chi connectivity index (χ0v) is 50.0. The summed E-state index contributed by atoms with van der Waals surface area (Å²) in [5.74, 6) is -13.0. The lowest BCUT2D eigenvalue weighted by Crippen LogP contribution is -2.69. The van der Waals surface area contributed by atoms with Crippen LogP contribution in [0, 0.1) is 0 Å². The minimum absolute atomic E-state index is 0.0941. The monoisotopic (exact) mass is 1250 g/mol. The van der Waals surface area contributed by atoms with E-state index in [9.17, 15) is 62.3 Å². The molecule has 488 valence electrons. The fraction of sp³-hybridized carbons (Fsp3) is 0.722. The Hall–Kier alpha value is -7.43. The molecule has 0 aliphatic carbocycles. The van der Waals surface area contributed by atoms with Gasteiger partial charge in [-0.3, -0.25) is 62.3 Å². The molecule has 0 aromatic heterocycles. The maximum absolute atomic E-state index is 13.3. The van der Waals surface area contributed by atoms with Crippen molar-refractivity contribution in [2.45, 2.75) is 225 Å². The van der Waals surface area contributed by atoms with Gasteiger partial charge in [-0.2, -0.15) is 0 Å². The van der Waals surface area contributed by atoms with Crippen LogP contribution < -0.4 is 0 Å². The fourth-order valence-electron chi connectivity index (χ4n) is 9.68. The maximum Gasteiger partial charge on any atom is 0.303 e. The van der Waals surface area contributed by atoms with Crippen molar-refractivity contribution in [1.29, 1.82) is 0 Å². The summed E-state index contributed by atoms with van der Waals surface area (Å²) in [5, 5.41) is 0. The summed E-state index contributed by atoms with van der Waals surface area (Å²) in [5.41, 5.74) is 0. The number of carbonyl (C=O) groups is 13. The van der Waals surface area contributed by atoms with Crippen LogP contribution in [0.15, 0.2) is 12.7 Å². The molecule has 0 bridgehead atoms. The van der Waals surface area contributed by atoms with Gasteiger partial charge in [0.1, 0.15) is 69.2 Å². The maximum atomic E-state index is 13.3. The van der Waals surface area contributed by atoms with Gasteiger partial charge in [-0.15, -0.1) is 6.58 Å². The van der Waals surface area contributed by atoms with Crippen molar-refractivity contribution in [2.24, 2.45) is 0 Å². The van der Waals surface area contributed by atoms with E-state index in [1.807, 2.05) is 0 Å². The molecule has 0 N–H and O–H groups in total. The highest BCUT2D eigenvalue weighted by molar-refractivity contribution is 5.71. The molecule has 4 saturated heterocycles. The van der Waals surface area contributed by atoms with E-state index < -0.39 is 227 Å². The minimum Gasteiger partial charge on any atom is -0.463 e. The van der Waals surface area contributed by atoms with Gasteiger partial charge < -0.3 is 94.7 Å². The van der Waals surface area contributed by atoms with Crippen molar-refractivity contribution in [3.8, 4) is 0 Å². The van der Waals surface area contributed by atoms with Crippen LogP contribution in [0.1, 0.15) is 103 Å². The van der Waals surface area contributed by atoms with Crippen molar-refractivity contribution < 1.29 is 157 Å². The van der Waals surface area contributed by atoms with Crippen molar-refractivity contribution in [2.75, 3.05) is 26.4 Å². The second kappa shape index (κ2) is 33.6. The van der Waals surface area contributed by atoms with Gasteiger partial charge in [-0.05, 0) is 12.8 Å². The molecule has 4 heterocycles. The van der Waals surface area contributed by atoms with Gasteiger partial charge in [0.05, 0.1) is 6.10 Å². The highest BCUT2D eigenvalue weighted by Gasteiger charge is 2.61. The number of allylic oxidation sites excluding steroid dienone is 1. The van der Waals surface area contributed by atoms with Gasteiger partial charge in [-0.25, -0.2) is 0 Å². The van der Waals surface area contributed by atoms with Gasteiger partial charge >= 0.3 is 77.6 Å². The molecule has 20 atom stereocenters. The van der Waals surface area contributed by atoms with Crippen LogP contribution in [0.4, 0.5) is 0 Å². The smallest absolute Gasteiger partial charge is 0.303 e. The van der Waals surface area contributed by atoms with Crippen LogP contribution in [0.5, 0.6) is 0 Å². The summed E-state index contributed by atoms with van der Waals surface area (Å²) in [6, 6.07) is 0. The first kappa shape index (κ1) is 72.0. The highest BCUT2D eigenvalue weighted by Crippen LogP contribution is 2.40. The van der Waals surface area contributed by atoms with E-state index in [1.165, 1.54) is 6.08 Å². The van der Waals surface area contributed by atoms with Crippen LogP contribution in [0.2, 0.25) is 0 Å². The van der Waals surface area contributed by atoms with Crippen molar-refractivity contribution >= 4 is 77.6 Å². The molecule has 0 spiro atoms. The first-order valence-corrected chi connectivity index (χ1v) is 27.1. The number of ether oxygens (including phenoxy) is 20. The Balaban J connectivity index is 1.98. The van der Waals surface area contributed by atoms with Crippen LogP contribution >= 0.6 is 0 Å². The summed E-state index contributed by atoms with van der Waals surface area (Å²) >= 11 is 0. The molecule has 33 heteroatoms. The molecule has 0 radical (unpaired) electrons. The Morgan fingerprint density at radius 1 is 0.276 bits per heavy atom. The Kier molecular flexibility index (Phi) is 27.8. The van der Waals surface area contributed by atoms with E-state index in [-0.39, 0.29) is 12.8 Å². The molecule has 4 rings (SSSR count). The number of rotatable bonds is 26. The molecule has 0 aromatic carbocycles. The van der Waals surface area contributed by atoms with Crippen LogP contribution in [-0.2, 0) is 157 Å². The second-order valence-corrected chi connectivity index (χ2v) is 19.9. The van der Waals surface area contributed by atoms with Gasteiger partial charge in [0.15, 0.2) is 73.8 Å². The summed E-state index contributed by atoms with van der Waals surface area (Å²) in [6.45, 7) is 13.3. The molecule has 0 amide bonds. The SMILES string of the molecule is C=CCC[C@@H]1O[C@H](COC(C)=O)[C@@H](O[C@@H]2O[C@H](COC(C)=O)[C@@H](O[C@@H]3O[C@H](COC(C)=O)[C@@H](O[C@@H]4O[C@H](COC(C)=O)[C@@H](OC(C)=O)[C@H](OC(C)=O)[C@H]4OC(C)=O)[C@H](OC(C)=O)[C@H]3OC(C)=O)[C@H](OC(C)=O)[C@H]2OC(C)=O)[C@H](OC(C)=O)[C@H]1OC(C)=O. The van der Waals surface area contributed by atoms with Gasteiger partial charge in [-0.1, -0.05) is 6.08 Å². The standard InChI is InChI=1S/C54H74O33/c1-15-16-17-35-40(72-26(6)59)45(74-28(8)61)42(36(81-35)18-68-22(2)55)85-53-50(79-33(13)66)47(76-30(10)63)44(38(83-53)20-70-24(4)57)87-54-51(80-34(14)67)48(77-31(11)64)43(39(84-54)21-71-25(5)58)86-52-49(78-32(12)65)46(75-29(9)62)41(73-27(7)60)37(82-52)19-69-23(3)56/h15,35-54H,1,16-21H2,2-14H3/t35-,36+,37+,38+,39+,40-,41+,42+,43+,44+,45+,46-,47-,48-,49+,50+,51+,52-,53-,54-/m0/s1. The first-order valence-electron chi connectivity index (χ1n) is 27.1. The van der Waals surface area contributed by atoms with Gasteiger partial charge in [0.25, 0.3) is 0 Å². The number of hydrogen-bond donors (Lipinski definition) is 0. The summed E-state index contributed by atoms with van der Waals surface area (Å²) in [7, 11) is 0. The van der Waals surface area contributed by atoms with Crippen molar-refractivity contribution in [3.05, 3.63) is 12.7 Å². The molecule has 4 aliphatic rings. The molecular weight excluding hydrogens is 1180 g/mol. The molecule has 0 saturated carbocycles. The zero-order chi connectivity index (χ0) is 65.1. The average molecular weight is 1250 g/mol. The van der Waals surface area contributed by atoms with Crippen molar-refractivity contribution in [3.63, 3.8) is 0 Å². The van der Waals surface area contributed by atoms with E-state index in [1.54, 1.807) is 0 Å². The predicted molar refractivity (Wildman–Crippen MR) is 275 cm³/mol. The lowest BCUT2D eigenvalue weighted by atomic mass is 9.91. The highest BCUT2D eigenvalue weighted by atomic mass is 16.8. The second-order valence-electron chi connectivity index (χ2n) is 19.9. The molecule has 87 heavy (non-hydrogen) atoms. The van der Waals surface area contributed by atoms with Crippen LogP contribution in [-0.4, -0.2) is 227 Å². The Morgan fingerprint density at radius 2 is 0.483 bits per heavy atom. The van der Waals surface area contributed by atoms with E-state index in [0.29, 0.717) is 0 Å². The summed E-state index contributed by atoms with van der Waals surface area (Å²) in [6.07, 6.45) is -34.8. The van der Waals surface area contributed by atoms with E-state index in [2.05, 4.69) is 6.58 Å². The lowest BCUT2D eigenvalue weighted by molar-refractivity contribution is -0.386. The third-order valence-electron chi connectivity index (χ3n) is 12.6. The molecule has 33 nitrogen and oxygen atoms in total. The van der Waals surface area contributed by atoms with Crippen LogP contribution in [0.3, 0.4) is 0 Å². The topological polar surface area (TPSA) is 407 Å². The molecule has 0 aromatic rings. The lowest BCUT2D eigenvalue weighted by Gasteiger charge is -2.51. The number of hydrogen-bond acceptors (Lipinski definition) is 33. The fourth-order valence-corrected chi connectivity index (χ4v) is 9.68. The quantitative estimate of drug-likeness (QED) is 0.0609. The van der Waals surface area contributed by atoms with E-state index in [4.69, 9.17) is 94.7 Å². The average Bonchev–Trinajstić information content (AvgIpc) is 0.818.